The monoisotopic (exact) mass is 214 g/mol. The molecule has 0 aliphatic rings. The Kier molecular flexibility index (Phi) is 3.07. The Morgan fingerprint density at radius 1 is 1.27 bits per heavy atom. The summed E-state index contributed by atoms with van der Waals surface area (Å²) in [7, 11) is 1.18. The van der Waals surface area contributed by atoms with Crippen LogP contribution in [0.25, 0.3) is 0 Å². The Morgan fingerprint density at radius 3 is 2.13 bits per heavy atom. The molecule has 0 saturated heterocycles. The molecule has 0 bridgehead atoms. The second kappa shape index (κ2) is 3.96. The summed E-state index contributed by atoms with van der Waals surface area (Å²) in [6.45, 7) is 2.83. The molecule has 2 nitrogen and oxygen atoms in total. The molecule has 0 aliphatic heterocycles. The Labute approximate surface area is 86.9 Å². The van der Waals surface area contributed by atoms with Gasteiger partial charge in [0.1, 0.15) is 11.6 Å². The molecular formula is C11H12F2O2. The molecule has 1 aromatic rings. The van der Waals surface area contributed by atoms with E-state index in [1.807, 2.05) is 0 Å². The van der Waals surface area contributed by atoms with Crippen LogP contribution in [0.15, 0.2) is 18.2 Å². The molecule has 15 heavy (non-hydrogen) atoms. The summed E-state index contributed by atoms with van der Waals surface area (Å²) in [6, 6.07) is 3.48. The maximum absolute atomic E-state index is 13.4. The molecule has 0 unspecified atom stereocenters. The highest BCUT2D eigenvalue weighted by Crippen LogP contribution is 2.29. The van der Waals surface area contributed by atoms with Crippen molar-refractivity contribution in [3.05, 3.63) is 35.4 Å². The Hall–Kier alpha value is -1.45. The quantitative estimate of drug-likeness (QED) is 0.707. The molecule has 82 valence electrons. The van der Waals surface area contributed by atoms with Gasteiger partial charge < -0.3 is 4.74 Å². The van der Waals surface area contributed by atoms with Crippen LogP contribution in [-0.4, -0.2) is 13.1 Å². The molecule has 1 rings (SSSR count). The molecule has 1 aromatic carbocycles. The van der Waals surface area contributed by atoms with Gasteiger partial charge in [0.15, 0.2) is 0 Å². The van der Waals surface area contributed by atoms with Crippen LogP contribution in [0.2, 0.25) is 0 Å². The first-order valence-corrected chi connectivity index (χ1v) is 4.44. The second-order valence-corrected chi connectivity index (χ2v) is 3.71. The van der Waals surface area contributed by atoms with Crippen LogP contribution in [0.5, 0.6) is 0 Å². The van der Waals surface area contributed by atoms with Crippen LogP contribution in [0, 0.1) is 11.6 Å². The van der Waals surface area contributed by atoms with E-state index in [0.717, 1.165) is 12.1 Å². The summed E-state index contributed by atoms with van der Waals surface area (Å²) in [6.07, 6.45) is 0. The Bertz CT molecular complexity index is 366. The zero-order valence-electron chi connectivity index (χ0n) is 8.80. The number of hydrogen-bond acceptors (Lipinski definition) is 2. The van der Waals surface area contributed by atoms with Crippen molar-refractivity contribution < 1.29 is 18.3 Å². The van der Waals surface area contributed by atoms with Crippen LogP contribution < -0.4 is 0 Å². The van der Waals surface area contributed by atoms with Gasteiger partial charge in [-0.25, -0.2) is 8.78 Å². The fourth-order valence-corrected chi connectivity index (χ4v) is 1.45. The molecule has 0 saturated carbocycles. The van der Waals surface area contributed by atoms with E-state index in [1.165, 1.54) is 27.0 Å². The van der Waals surface area contributed by atoms with Crippen molar-refractivity contribution in [2.75, 3.05) is 7.11 Å². The summed E-state index contributed by atoms with van der Waals surface area (Å²) < 4.78 is 31.3. The third kappa shape index (κ3) is 1.98. The summed E-state index contributed by atoms with van der Waals surface area (Å²) in [5, 5.41) is 0. The summed E-state index contributed by atoms with van der Waals surface area (Å²) >= 11 is 0. The molecule has 4 heteroatoms. The van der Waals surface area contributed by atoms with Crippen LogP contribution in [0.1, 0.15) is 19.4 Å². The van der Waals surface area contributed by atoms with E-state index < -0.39 is 23.0 Å². The minimum absolute atomic E-state index is 0.267. The fraction of sp³-hybridized carbons (Fsp3) is 0.364. The number of halogens is 2. The SMILES string of the molecule is COC(=O)C(C)(C)c1c(F)cccc1F. The molecule has 0 spiro atoms. The fourth-order valence-electron chi connectivity index (χ4n) is 1.45. The van der Waals surface area contributed by atoms with Crippen LogP contribution in [-0.2, 0) is 14.9 Å². The average Bonchev–Trinajstić information content (AvgIpc) is 2.15. The molecule has 0 atom stereocenters. The minimum atomic E-state index is -1.33. The van der Waals surface area contributed by atoms with E-state index in [1.54, 1.807) is 0 Å². The highest BCUT2D eigenvalue weighted by Gasteiger charge is 2.36. The van der Waals surface area contributed by atoms with Crippen LogP contribution in [0.4, 0.5) is 8.78 Å². The van der Waals surface area contributed by atoms with Crippen LogP contribution >= 0.6 is 0 Å². The third-order valence-electron chi connectivity index (χ3n) is 2.28. The zero-order valence-corrected chi connectivity index (χ0v) is 8.80. The minimum Gasteiger partial charge on any atom is -0.468 e. The maximum Gasteiger partial charge on any atom is 0.315 e. The lowest BCUT2D eigenvalue weighted by molar-refractivity contribution is -0.146. The number of carbonyl (C=O) groups excluding carboxylic acids is 1. The lowest BCUT2D eigenvalue weighted by Gasteiger charge is -2.22. The number of methoxy groups -OCH3 is 1. The van der Waals surface area contributed by atoms with Gasteiger partial charge in [0.05, 0.1) is 12.5 Å². The van der Waals surface area contributed by atoms with Gasteiger partial charge in [-0.1, -0.05) is 6.07 Å². The lowest BCUT2D eigenvalue weighted by Crippen LogP contribution is -2.32. The molecule has 0 aromatic heterocycles. The van der Waals surface area contributed by atoms with Crippen molar-refractivity contribution in [2.45, 2.75) is 19.3 Å². The van der Waals surface area contributed by atoms with E-state index in [4.69, 9.17) is 0 Å². The first-order chi connectivity index (χ1) is 6.91. The summed E-state index contributed by atoms with van der Waals surface area (Å²) in [5.41, 5.74) is -1.60. The zero-order chi connectivity index (χ0) is 11.6. The van der Waals surface area contributed by atoms with Gasteiger partial charge in [-0.2, -0.15) is 0 Å². The van der Waals surface area contributed by atoms with Crippen LogP contribution in [0.3, 0.4) is 0 Å². The van der Waals surface area contributed by atoms with Crippen molar-refractivity contribution in [3.63, 3.8) is 0 Å². The highest BCUT2D eigenvalue weighted by molar-refractivity contribution is 5.82. The average molecular weight is 214 g/mol. The predicted octanol–water partition coefficient (Wildman–Crippen LogP) is 2.42. The molecule has 0 aliphatic carbocycles. The maximum atomic E-state index is 13.4. The Morgan fingerprint density at radius 2 is 1.73 bits per heavy atom. The Balaban J connectivity index is 3.32. The van der Waals surface area contributed by atoms with E-state index >= 15 is 0 Å². The topological polar surface area (TPSA) is 26.3 Å². The molecule has 0 N–H and O–H groups in total. The van der Waals surface area contributed by atoms with Crippen molar-refractivity contribution in [2.24, 2.45) is 0 Å². The van der Waals surface area contributed by atoms with Gasteiger partial charge in [0, 0.05) is 5.56 Å². The predicted molar refractivity (Wildman–Crippen MR) is 51.4 cm³/mol. The standard InChI is InChI=1S/C11H12F2O2/c1-11(2,10(14)15-3)9-7(12)5-4-6-8(9)13/h4-6H,1-3H3. The van der Waals surface area contributed by atoms with Crippen molar-refractivity contribution in [1.29, 1.82) is 0 Å². The molecule has 0 radical (unpaired) electrons. The van der Waals surface area contributed by atoms with Gasteiger partial charge in [0.25, 0.3) is 0 Å². The van der Waals surface area contributed by atoms with Crippen molar-refractivity contribution >= 4 is 5.97 Å². The highest BCUT2D eigenvalue weighted by atomic mass is 19.1. The van der Waals surface area contributed by atoms with E-state index in [0.29, 0.717) is 0 Å². The molecule has 0 fully saturated rings. The van der Waals surface area contributed by atoms with E-state index in [9.17, 15) is 13.6 Å². The number of ether oxygens (including phenoxy) is 1. The molecule has 0 amide bonds. The molecular weight excluding hydrogens is 202 g/mol. The summed E-state index contributed by atoms with van der Waals surface area (Å²) in [5.74, 6) is -2.16. The number of benzene rings is 1. The van der Waals surface area contributed by atoms with Gasteiger partial charge in [-0.3, -0.25) is 4.79 Å². The number of rotatable bonds is 2. The first kappa shape index (κ1) is 11.6. The number of carbonyl (C=O) groups is 1. The lowest BCUT2D eigenvalue weighted by atomic mass is 9.84. The number of hydrogen-bond donors (Lipinski definition) is 0. The van der Waals surface area contributed by atoms with Crippen molar-refractivity contribution in [1.82, 2.24) is 0 Å². The van der Waals surface area contributed by atoms with Gasteiger partial charge >= 0.3 is 5.97 Å². The summed E-state index contributed by atoms with van der Waals surface area (Å²) in [4.78, 5) is 11.4. The smallest absolute Gasteiger partial charge is 0.315 e. The van der Waals surface area contributed by atoms with Gasteiger partial charge in [0.2, 0.25) is 0 Å². The van der Waals surface area contributed by atoms with E-state index in [2.05, 4.69) is 4.74 Å². The van der Waals surface area contributed by atoms with Gasteiger partial charge in [-0.05, 0) is 26.0 Å². The second-order valence-electron chi connectivity index (χ2n) is 3.71. The van der Waals surface area contributed by atoms with Crippen molar-refractivity contribution in [3.8, 4) is 0 Å². The number of esters is 1. The normalized spacial score (nSPS) is 11.3. The molecule has 0 heterocycles. The first-order valence-electron chi connectivity index (χ1n) is 4.44. The third-order valence-corrected chi connectivity index (χ3v) is 2.28. The largest absolute Gasteiger partial charge is 0.468 e. The van der Waals surface area contributed by atoms with E-state index in [-0.39, 0.29) is 5.56 Å². The van der Waals surface area contributed by atoms with Gasteiger partial charge in [-0.15, -0.1) is 0 Å².